The molecule has 1 aromatic heterocycles. The van der Waals surface area contributed by atoms with Gasteiger partial charge in [-0.25, -0.2) is 0 Å². The molecule has 0 aliphatic rings. The molecule has 0 spiro atoms. The Morgan fingerprint density at radius 1 is 1.24 bits per heavy atom. The fourth-order valence-electron chi connectivity index (χ4n) is 2.53. The normalized spacial score (nSPS) is 12.5. The van der Waals surface area contributed by atoms with Crippen LogP contribution in [0.2, 0.25) is 0 Å². The van der Waals surface area contributed by atoms with Gasteiger partial charge in [0.05, 0.1) is 12.2 Å². The van der Waals surface area contributed by atoms with Crippen LogP contribution in [-0.2, 0) is 18.3 Å². The van der Waals surface area contributed by atoms with Crippen LogP contribution in [0, 0.1) is 0 Å². The first-order chi connectivity index (χ1) is 10.1. The molecule has 2 aromatic carbocycles. The summed E-state index contributed by atoms with van der Waals surface area (Å²) in [7, 11) is 1.81. The van der Waals surface area contributed by atoms with Crippen molar-refractivity contribution in [2.45, 2.75) is 12.5 Å². The summed E-state index contributed by atoms with van der Waals surface area (Å²) in [4.78, 5) is 12.4. The third-order valence-corrected chi connectivity index (χ3v) is 3.68. The number of benzene rings is 2. The van der Waals surface area contributed by atoms with Crippen LogP contribution in [0.5, 0.6) is 0 Å². The third-order valence-electron chi connectivity index (χ3n) is 3.68. The zero-order chi connectivity index (χ0) is 14.8. The van der Waals surface area contributed by atoms with E-state index in [0.29, 0.717) is 6.42 Å². The van der Waals surface area contributed by atoms with E-state index in [2.05, 4.69) is 5.10 Å². The van der Waals surface area contributed by atoms with Crippen LogP contribution in [0.4, 0.5) is 0 Å². The maximum Gasteiger partial charge on any atom is 0.158 e. The number of aromatic nitrogens is 2. The monoisotopic (exact) mass is 279 g/mol. The highest BCUT2D eigenvalue weighted by Gasteiger charge is 2.18. The lowest BCUT2D eigenvalue weighted by Crippen LogP contribution is -2.22. The third kappa shape index (κ3) is 2.71. The number of hydrogen-bond acceptors (Lipinski definition) is 3. The summed E-state index contributed by atoms with van der Waals surface area (Å²) in [6.45, 7) is 0. The molecular weight excluding hydrogens is 262 g/mol. The maximum absolute atomic E-state index is 12.4. The average Bonchev–Trinajstić information content (AvgIpc) is 2.93. The minimum atomic E-state index is -0.627. The number of rotatable bonds is 4. The van der Waals surface area contributed by atoms with Crippen molar-refractivity contribution in [3.63, 3.8) is 0 Å². The van der Waals surface area contributed by atoms with Crippen molar-refractivity contribution in [3.8, 4) is 0 Å². The van der Waals surface area contributed by atoms with Gasteiger partial charge >= 0.3 is 0 Å². The molecule has 0 aliphatic heterocycles. The van der Waals surface area contributed by atoms with Crippen LogP contribution in [-0.4, -0.2) is 15.6 Å². The minimum absolute atomic E-state index is 0.000599. The van der Waals surface area contributed by atoms with Gasteiger partial charge in [0.25, 0.3) is 0 Å². The van der Waals surface area contributed by atoms with E-state index in [9.17, 15) is 4.79 Å². The van der Waals surface area contributed by atoms with E-state index in [1.54, 1.807) is 17.1 Å². The van der Waals surface area contributed by atoms with Crippen molar-refractivity contribution in [2.75, 3.05) is 0 Å². The van der Waals surface area contributed by atoms with Gasteiger partial charge < -0.3 is 5.73 Å². The molecule has 1 unspecified atom stereocenters. The molecule has 4 nitrogen and oxygen atoms in total. The van der Waals surface area contributed by atoms with Gasteiger partial charge in [0.2, 0.25) is 0 Å². The average molecular weight is 279 g/mol. The summed E-state index contributed by atoms with van der Waals surface area (Å²) in [6, 6.07) is 13.4. The zero-order valence-electron chi connectivity index (χ0n) is 11.9. The quantitative estimate of drug-likeness (QED) is 0.797. The van der Waals surface area contributed by atoms with Gasteiger partial charge in [0.15, 0.2) is 5.78 Å². The van der Waals surface area contributed by atoms with Crippen molar-refractivity contribution in [1.29, 1.82) is 0 Å². The molecule has 0 saturated carbocycles. The summed E-state index contributed by atoms with van der Waals surface area (Å²) >= 11 is 0. The van der Waals surface area contributed by atoms with E-state index < -0.39 is 6.04 Å². The fourth-order valence-corrected chi connectivity index (χ4v) is 2.53. The molecule has 0 aliphatic carbocycles. The summed E-state index contributed by atoms with van der Waals surface area (Å²) in [5, 5.41) is 6.30. The van der Waals surface area contributed by atoms with Crippen LogP contribution in [0.3, 0.4) is 0 Å². The Hall–Kier alpha value is -2.46. The highest BCUT2D eigenvalue weighted by Crippen LogP contribution is 2.21. The van der Waals surface area contributed by atoms with Crippen LogP contribution >= 0.6 is 0 Å². The molecule has 0 amide bonds. The van der Waals surface area contributed by atoms with E-state index >= 15 is 0 Å². The second-order valence-corrected chi connectivity index (χ2v) is 5.21. The lowest BCUT2D eigenvalue weighted by atomic mass is 9.96. The number of nitrogens with zero attached hydrogens (tertiary/aromatic N) is 2. The first-order valence-electron chi connectivity index (χ1n) is 6.88. The van der Waals surface area contributed by atoms with Crippen molar-refractivity contribution < 1.29 is 4.79 Å². The van der Waals surface area contributed by atoms with Crippen LogP contribution < -0.4 is 5.73 Å². The second kappa shape index (κ2) is 5.50. The Bertz CT molecular complexity index is 786. The van der Waals surface area contributed by atoms with Gasteiger partial charge in [0.1, 0.15) is 0 Å². The molecule has 3 rings (SSSR count). The van der Waals surface area contributed by atoms with Gasteiger partial charge in [-0.05, 0) is 16.3 Å². The smallest absolute Gasteiger partial charge is 0.158 e. The van der Waals surface area contributed by atoms with E-state index in [0.717, 1.165) is 21.9 Å². The maximum atomic E-state index is 12.4. The number of carbonyl (C=O) groups excluding carboxylic acids is 1. The molecule has 3 aromatic rings. The summed E-state index contributed by atoms with van der Waals surface area (Å²) in [6.07, 6.45) is 3.76. The van der Waals surface area contributed by atoms with Crippen molar-refractivity contribution >= 4 is 16.6 Å². The van der Waals surface area contributed by atoms with Crippen molar-refractivity contribution in [2.24, 2.45) is 12.8 Å². The van der Waals surface area contributed by atoms with Crippen LogP contribution in [0.25, 0.3) is 10.8 Å². The Labute approximate surface area is 123 Å². The Morgan fingerprint density at radius 3 is 2.76 bits per heavy atom. The van der Waals surface area contributed by atoms with Gasteiger partial charge in [-0.2, -0.15) is 5.10 Å². The molecule has 0 radical (unpaired) electrons. The molecule has 4 heteroatoms. The number of aryl methyl sites for hydroxylation is 1. The first-order valence-corrected chi connectivity index (χ1v) is 6.88. The van der Waals surface area contributed by atoms with Crippen molar-refractivity contribution in [1.82, 2.24) is 9.78 Å². The van der Waals surface area contributed by atoms with Crippen molar-refractivity contribution in [3.05, 3.63) is 66.0 Å². The summed E-state index contributed by atoms with van der Waals surface area (Å²) < 4.78 is 1.65. The topological polar surface area (TPSA) is 60.9 Å². The molecule has 0 saturated heterocycles. The standard InChI is InChI=1S/C17H17N3O/c1-20-11-14(10-19-20)17(18)16(21)9-13-7-4-6-12-5-2-3-8-15(12)13/h2-8,10-11,17H,9,18H2,1H3. The highest BCUT2D eigenvalue weighted by atomic mass is 16.1. The molecular formula is C17H17N3O. The summed E-state index contributed by atoms with van der Waals surface area (Å²) in [5.41, 5.74) is 7.80. The number of ketones is 1. The van der Waals surface area contributed by atoms with E-state index in [1.807, 2.05) is 49.5 Å². The fraction of sp³-hybridized carbons (Fsp3) is 0.176. The van der Waals surface area contributed by atoms with Gasteiger partial charge in [-0.15, -0.1) is 0 Å². The number of hydrogen-bond donors (Lipinski definition) is 1. The predicted octanol–water partition coefficient (Wildman–Crippen LogP) is 2.38. The van der Waals surface area contributed by atoms with E-state index in [1.165, 1.54) is 0 Å². The van der Waals surface area contributed by atoms with Gasteiger partial charge in [0, 0.05) is 25.2 Å². The molecule has 1 atom stereocenters. The second-order valence-electron chi connectivity index (χ2n) is 5.21. The largest absolute Gasteiger partial charge is 0.318 e. The first kappa shape index (κ1) is 13.5. The SMILES string of the molecule is Cn1cc(C(N)C(=O)Cc2cccc3ccccc23)cn1. The molecule has 21 heavy (non-hydrogen) atoms. The molecule has 106 valence electrons. The number of Topliss-reactive ketones (excluding diaryl/α,β-unsaturated/α-hetero) is 1. The Kier molecular flexibility index (Phi) is 3.54. The molecule has 1 heterocycles. The minimum Gasteiger partial charge on any atom is -0.318 e. The number of nitrogens with two attached hydrogens (primary N) is 1. The molecule has 0 fully saturated rings. The zero-order valence-corrected chi connectivity index (χ0v) is 11.9. The summed E-state index contributed by atoms with van der Waals surface area (Å²) in [5.74, 6) is -0.000599. The Morgan fingerprint density at radius 2 is 2.00 bits per heavy atom. The van der Waals surface area contributed by atoms with Crippen LogP contribution in [0.1, 0.15) is 17.2 Å². The lowest BCUT2D eigenvalue weighted by molar-refractivity contribution is -0.119. The van der Waals surface area contributed by atoms with E-state index in [-0.39, 0.29) is 5.78 Å². The van der Waals surface area contributed by atoms with Gasteiger partial charge in [-0.3, -0.25) is 9.48 Å². The highest BCUT2D eigenvalue weighted by molar-refractivity contribution is 5.93. The molecule has 2 N–H and O–H groups in total. The van der Waals surface area contributed by atoms with Gasteiger partial charge in [-0.1, -0.05) is 42.5 Å². The molecule has 0 bridgehead atoms. The van der Waals surface area contributed by atoms with Crippen LogP contribution in [0.15, 0.2) is 54.9 Å². The van der Waals surface area contributed by atoms with E-state index in [4.69, 9.17) is 5.73 Å². The number of fused-ring (bicyclic) bond motifs is 1. The predicted molar refractivity (Wildman–Crippen MR) is 82.8 cm³/mol. The Balaban J connectivity index is 1.86. The number of carbonyl (C=O) groups is 1. The lowest BCUT2D eigenvalue weighted by Gasteiger charge is -2.10.